The minimum atomic E-state index is -0.647. The Kier molecular flexibility index (Phi) is 7.56. The molecule has 0 fully saturated rings. The first-order valence-electron chi connectivity index (χ1n) is 7.96. The zero-order valence-electron chi connectivity index (χ0n) is 14.1. The van der Waals surface area contributed by atoms with Gasteiger partial charge in [-0.05, 0) is 30.0 Å². The predicted molar refractivity (Wildman–Crippen MR) is 101 cm³/mol. The van der Waals surface area contributed by atoms with Gasteiger partial charge in [-0.25, -0.2) is 4.98 Å². The average molecular weight is 422 g/mol. The molecule has 0 aliphatic heterocycles. The molecule has 2 unspecified atom stereocenters. The summed E-state index contributed by atoms with van der Waals surface area (Å²) in [6, 6.07) is 9.70. The van der Waals surface area contributed by atoms with Gasteiger partial charge < -0.3 is 10.1 Å². The second kappa shape index (κ2) is 9.66. The van der Waals surface area contributed by atoms with Gasteiger partial charge in [-0.15, -0.1) is 11.3 Å². The molecule has 0 spiro atoms. The number of benzene rings is 1. The molecule has 0 saturated heterocycles. The highest BCUT2D eigenvalue weighted by atomic mass is 79.9. The predicted octanol–water partition coefficient (Wildman–Crippen LogP) is 4.07. The maximum Gasteiger partial charge on any atom is 0.250 e. The molecule has 2 rings (SSSR count). The van der Waals surface area contributed by atoms with Gasteiger partial charge in [-0.3, -0.25) is 4.79 Å². The van der Waals surface area contributed by atoms with E-state index in [0.717, 1.165) is 15.0 Å². The highest BCUT2D eigenvalue weighted by Crippen LogP contribution is 2.31. The number of aromatic nitrogens is 1. The Bertz CT molecular complexity index is 711. The van der Waals surface area contributed by atoms with Crippen molar-refractivity contribution in [2.24, 2.45) is 5.92 Å². The standard InChI is InChI=1S/C18H20BrN3O2S/c1-12(2)11-15(17(23)21-8-7-20)24-16(18-22-9-10-25-18)13-3-5-14(19)6-4-13/h3-6,9-10,12,15-16H,8,11H2,1-2H3,(H,21,23). The molecule has 25 heavy (non-hydrogen) atoms. The highest BCUT2D eigenvalue weighted by Gasteiger charge is 2.27. The summed E-state index contributed by atoms with van der Waals surface area (Å²) < 4.78 is 7.17. The second-order valence-corrected chi connectivity index (χ2v) is 7.77. The number of thiazole rings is 1. The van der Waals surface area contributed by atoms with E-state index in [1.807, 2.05) is 49.6 Å². The van der Waals surface area contributed by atoms with Crippen LogP contribution in [0.25, 0.3) is 0 Å². The highest BCUT2D eigenvalue weighted by molar-refractivity contribution is 9.10. The fourth-order valence-corrected chi connectivity index (χ4v) is 3.30. The number of carbonyl (C=O) groups is 1. The zero-order chi connectivity index (χ0) is 18.2. The van der Waals surface area contributed by atoms with Crippen molar-refractivity contribution < 1.29 is 9.53 Å². The van der Waals surface area contributed by atoms with Gasteiger partial charge in [0, 0.05) is 16.0 Å². The maximum absolute atomic E-state index is 12.4. The number of hydrogen-bond donors (Lipinski definition) is 1. The minimum absolute atomic E-state index is 0.0308. The van der Waals surface area contributed by atoms with Gasteiger partial charge >= 0.3 is 0 Å². The average Bonchev–Trinajstić information content (AvgIpc) is 3.11. The first kappa shape index (κ1) is 19.6. The van der Waals surface area contributed by atoms with Crippen LogP contribution in [-0.4, -0.2) is 23.5 Å². The molecule has 0 aliphatic rings. The Balaban J connectivity index is 2.27. The fraction of sp³-hybridized carbons (Fsp3) is 0.389. The molecule has 5 nitrogen and oxygen atoms in total. The molecule has 1 heterocycles. The third-order valence-corrected chi connectivity index (χ3v) is 4.82. The maximum atomic E-state index is 12.4. The number of nitrogens with zero attached hydrogens (tertiary/aromatic N) is 2. The number of nitrogens with one attached hydrogen (secondary N) is 1. The van der Waals surface area contributed by atoms with E-state index in [4.69, 9.17) is 10.00 Å². The van der Waals surface area contributed by atoms with Crippen molar-refractivity contribution >= 4 is 33.2 Å². The number of carbonyl (C=O) groups excluding carboxylic acids is 1. The number of amides is 1. The number of nitriles is 1. The molecule has 1 aromatic heterocycles. The van der Waals surface area contributed by atoms with E-state index < -0.39 is 12.2 Å². The number of rotatable bonds is 8. The largest absolute Gasteiger partial charge is 0.353 e. The van der Waals surface area contributed by atoms with Gasteiger partial charge in [-0.1, -0.05) is 41.9 Å². The van der Waals surface area contributed by atoms with E-state index in [1.165, 1.54) is 11.3 Å². The Morgan fingerprint density at radius 3 is 2.68 bits per heavy atom. The van der Waals surface area contributed by atoms with Gasteiger partial charge in [0.15, 0.2) is 0 Å². The van der Waals surface area contributed by atoms with Gasteiger partial charge in [-0.2, -0.15) is 5.26 Å². The molecule has 1 aromatic carbocycles. The monoisotopic (exact) mass is 421 g/mol. The molecule has 1 N–H and O–H groups in total. The molecule has 0 aliphatic carbocycles. The summed E-state index contributed by atoms with van der Waals surface area (Å²) in [5.41, 5.74) is 0.931. The summed E-state index contributed by atoms with van der Waals surface area (Å²) in [5, 5.41) is 14.0. The molecule has 2 aromatic rings. The van der Waals surface area contributed by atoms with Crippen LogP contribution in [0.3, 0.4) is 0 Å². The van der Waals surface area contributed by atoms with Crippen molar-refractivity contribution in [1.82, 2.24) is 10.3 Å². The second-order valence-electron chi connectivity index (χ2n) is 5.93. The van der Waals surface area contributed by atoms with Crippen molar-refractivity contribution in [3.63, 3.8) is 0 Å². The van der Waals surface area contributed by atoms with Gasteiger partial charge in [0.1, 0.15) is 23.8 Å². The van der Waals surface area contributed by atoms with Crippen LogP contribution in [0.1, 0.15) is 36.9 Å². The number of halogens is 1. The lowest BCUT2D eigenvalue weighted by Gasteiger charge is -2.24. The van der Waals surface area contributed by atoms with Gasteiger partial charge in [0.25, 0.3) is 0 Å². The molecule has 2 atom stereocenters. The normalized spacial score (nSPS) is 13.2. The fourth-order valence-electron chi connectivity index (χ4n) is 2.34. The Morgan fingerprint density at radius 2 is 2.12 bits per heavy atom. The lowest BCUT2D eigenvalue weighted by molar-refractivity contribution is -0.136. The molecular formula is C18H20BrN3O2S. The van der Waals surface area contributed by atoms with E-state index in [9.17, 15) is 4.79 Å². The van der Waals surface area contributed by atoms with Gasteiger partial charge in [0.2, 0.25) is 5.91 Å². The lowest BCUT2D eigenvalue weighted by atomic mass is 10.0. The zero-order valence-corrected chi connectivity index (χ0v) is 16.5. The molecule has 0 saturated carbocycles. The van der Waals surface area contributed by atoms with Crippen LogP contribution < -0.4 is 5.32 Å². The van der Waals surface area contributed by atoms with Gasteiger partial charge in [0.05, 0.1) is 6.07 Å². The van der Waals surface area contributed by atoms with Crippen LogP contribution in [0, 0.1) is 17.2 Å². The quantitative estimate of drug-likeness (QED) is 0.651. The Labute approximate surface area is 160 Å². The first-order chi connectivity index (χ1) is 12.0. The van der Waals surface area contributed by atoms with E-state index in [1.54, 1.807) is 6.20 Å². The molecule has 1 amide bonds. The Hall–Kier alpha value is -1.75. The summed E-state index contributed by atoms with van der Waals surface area (Å²) in [6.45, 7) is 4.04. The van der Waals surface area contributed by atoms with Crippen LogP contribution in [0.4, 0.5) is 0 Å². The van der Waals surface area contributed by atoms with E-state index >= 15 is 0 Å². The van der Waals surface area contributed by atoms with Crippen molar-refractivity contribution in [3.8, 4) is 6.07 Å². The van der Waals surface area contributed by atoms with E-state index in [0.29, 0.717) is 6.42 Å². The van der Waals surface area contributed by atoms with E-state index in [-0.39, 0.29) is 18.4 Å². The molecular weight excluding hydrogens is 402 g/mol. The van der Waals surface area contributed by atoms with Crippen molar-refractivity contribution in [3.05, 3.63) is 50.9 Å². The molecule has 132 valence electrons. The summed E-state index contributed by atoms with van der Waals surface area (Å²) >= 11 is 4.92. The van der Waals surface area contributed by atoms with Crippen LogP contribution in [0.5, 0.6) is 0 Å². The minimum Gasteiger partial charge on any atom is -0.353 e. The Morgan fingerprint density at radius 1 is 1.40 bits per heavy atom. The summed E-state index contributed by atoms with van der Waals surface area (Å²) in [4.78, 5) is 16.8. The molecule has 0 bridgehead atoms. The summed E-state index contributed by atoms with van der Waals surface area (Å²) in [6.07, 6.45) is 1.22. The van der Waals surface area contributed by atoms with Crippen LogP contribution in [0.2, 0.25) is 0 Å². The summed E-state index contributed by atoms with van der Waals surface area (Å²) in [7, 11) is 0. The third-order valence-electron chi connectivity index (χ3n) is 3.47. The first-order valence-corrected chi connectivity index (χ1v) is 9.63. The van der Waals surface area contributed by atoms with Crippen molar-refractivity contribution in [2.45, 2.75) is 32.5 Å². The topological polar surface area (TPSA) is 75.0 Å². The molecule has 0 radical (unpaired) electrons. The smallest absolute Gasteiger partial charge is 0.250 e. The van der Waals surface area contributed by atoms with Crippen LogP contribution >= 0.6 is 27.3 Å². The number of ether oxygens (including phenoxy) is 1. The molecule has 7 heteroatoms. The summed E-state index contributed by atoms with van der Waals surface area (Å²) in [5.74, 6) is 0.00798. The van der Waals surface area contributed by atoms with Crippen molar-refractivity contribution in [2.75, 3.05) is 6.54 Å². The van der Waals surface area contributed by atoms with Crippen molar-refractivity contribution in [1.29, 1.82) is 5.26 Å². The van der Waals surface area contributed by atoms with Crippen LogP contribution in [0.15, 0.2) is 40.3 Å². The third kappa shape index (κ3) is 5.92. The lowest BCUT2D eigenvalue weighted by Crippen LogP contribution is -2.38. The SMILES string of the molecule is CC(C)CC(OC(c1ccc(Br)cc1)c1nccs1)C(=O)NCC#N. The van der Waals surface area contributed by atoms with E-state index in [2.05, 4.69) is 26.2 Å². The van der Waals surface area contributed by atoms with Crippen LogP contribution in [-0.2, 0) is 9.53 Å². The number of hydrogen-bond acceptors (Lipinski definition) is 5.